The van der Waals surface area contributed by atoms with Gasteiger partial charge in [-0.25, -0.2) is 4.98 Å². The van der Waals surface area contributed by atoms with E-state index in [4.69, 9.17) is 0 Å². The van der Waals surface area contributed by atoms with Gasteiger partial charge in [0.1, 0.15) is 5.82 Å². The number of pyridine rings is 1. The topological polar surface area (TPSA) is 61.3 Å². The first kappa shape index (κ1) is 19.5. The summed E-state index contributed by atoms with van der Waals surface area (Å²) in [6, 6.07) is 14.3. The van der Waals surface area contributed by atoms with Crippen LogP contribution in [0.1, 0.15) is 5.56 Å². The van der Waals surface area contributed by atoms with E-state index >= 15 is 0 Å². The fourth-order valence-corrected chi connectivity index (χ4v) is 3.00. The van der Waals surface area contributed by atoms with Gasteiger partial charge in [-0.3, -0.25) is 4.99 Å². The van der Waals surface area contributed by atoms with Gasteiger partial charge in [-0.2, -0.15) is 11.3 Å². The molecule has 0 saturated heterocycles. The molecule has 1 aromatic carbocycles. The van der Waals surface area contributed by atoms with Gasteiger partial charge in [0.15, 0.2) is 5.96 Å². The van der Waals surface area contributed by atoms with Gasteiger partial charge >= 0.3 is 0 Å². The minimum atomic E-state index is 0. The molecule has 0 aliphatic carbocycles. The Morgan fingerprint density at radius 1 is 1.08 bits per heavy atom. The maximum atomic E-state index is 4.60. The molecule has 0 aliphatic heterocycles. The van der Waals surface area contributed by atoms with Gasteiger partial charge in [-0.15, -0.1) is 24.0 Å². The van der Waals surface area contributed by atoms with Crippen LogP contribution in [0.4, 0.5) is 5.82 Å². The molecule has 0 spiro atoms. The van der Waals surface area contributed by atoms with E-state index in [0.29, 0.717) is 0 Å². The number of anilines is 1. The highest BCUT2D eigenvalue weighted by atomic mass is 127. The molecule has 2 aromatic heterocycles. The van der Waals surface area contributed by atoms with Gasteiger partial charge in [0.25, 0.3) is 0 Å². The van der Waals surface area contributed by atoms with Crippen molar-refractivity contribution in [1.82, 2.24) is 15.6 Å². The van der Waals surface area contributed by atoms with E-state index in [1.165, 1.54) is 5.56 Å². The molecule has 2 heterocycles. The summed E-state index contributed by atoms with van der Waals surface area (Å²) in [5.74, 6) is 1.69. The summed E-state index contributed by atoms with van der Waals surface area (Å²) in [5.41, 5.74) is 2.27. The number of hydrogen-bond donors (Lipinski definition) is 3. The zero-order valence-corrected chi connectivity index (χ0v) is 17.2. The van der Waals surface area contributed by atoms with Crippen LogP contribution in [-0.2, 0) is 6.54 Å². The molecule has 0 radical (unpaired) electrons. The van der Waals surface area contributed by atoms with Gasteiger partial charge in [-0.05, 0) is 40.6 Å². The number of para-hydroxylation sites is 1. The summed E-state index contributed by atoms with van der Waals surface area (Å²) < 4.78 is 0. The Labute approximate surface area is 169 Å². The van der Waals surface area contributed by atoms with Gasteiger partial charge in [0.05, 0.1) is 5.52 Å². The number of guanidine groups is 1. The predicted octanol–water partition coefficient (Wildman–Crippen LogP) is 3.69. The second-order valence-electron chi connectivity index (χ2n) is 5.30. The number of hydrogen-bond acceptors (Lipinski definition) is 4. The van der Waals surface area contributed by atoms with Crippen molar-refractivity contribution in [2.75, 3.05) is 25.5 Å². The van der Waals surface area contributed by atoms with E-state index < -0.39 is 0 Å². The van der Waals surface area contributed by atoms with Crippen LogP contribution in [-0.4, -0.2) is 31.1 Å². The maximum Gasteiger partial charge on any atom is 0.191 e. The lowest BCUT2D eigenvalue weighted by atomic mass is 10.2. The smallest absolute Gasteiger partial charge is 0.191 e. The van der Waals surface area contributed by atoms with E-state index in [0.717, 1.165) is 42.3 Å². The number of nitrogens with one attached hydrogen (secondary N) is 3. The number of thiophene rings is 1. The van der Waals surface area contributed by atoms with E-state index in [-0.39, 0.29) is 24.0 Å². The van der Waals surface area contributed by atoms with Gasteiger partial charge < -0.3 is 16.0 Å². The van der Waals surface area contributed by atoms with Crippen molar-refractivity contribution >= 4 is 58.0 Å². The van der Waals surface area contributed by atoms with Gasteiger partial charge in [-0.1, -0.05) is 18.2 Å². The lowest BCUT2D eigenvalue weighted by molar-refractivity contribution is 0.813. The van der Waals surface area contributed by atoms with Crippen LogP contribution in [0.5, 0.6) is 0 Å². The second kappa shape index (κ2) is 10.2. The van der Waals surface area contributed by atoms with Crippen molar-refractivity contribution in [2.24, 2.45) is 4.99 Å². The standard InChI is InChI=1S/C18H21N5S.HI/c1-19-18(22-12-14-8-11-24-13-14)21-10-9-20-17-7-6-15-4-2-3-5-16(15)23-17;/h2-8,11,13H,9-10,12H2,1H3,(H,20,23)(H2,19,21,22);1H. The van der Waals surface area contributed by atoms with Crippen LogP contribution < -0.4 is 16.0 Å². The number of halogens is 1. The highest BCUT2D eigenvalue weighted by molar-refractivity contribution is 14.0. The molecule has 0 atom stereocenters. The molecule has 0 bridgehead atoms. The van der Waals surface area contributed by atoms with Crippen LogP contribution in [0.15, 0.2) is 58.2 Å². The molecular weight excluding hydrogens is 445 g/mol. The van der Waals surface area contributed by atoms with Crippen LogP contribution >= 0.6 is 35.3 Å². The Balaban J connectivity index is 0.00000225. The Hall–Kier alpha value is -1.87. The zero-order chi connectivity index (χ0) is 16.6. The summed E-state index contributed by atoms with van der Waals surface area (Å²) in [6.07, 6.45) is 0. The minimum absolute atomic E-state index is 0. The van der Waals surface area contributed by atoms with Crippen LogP contribution in [0.3, 0.4) is 0 Å². The Bertz CT molecular complexity index is 804. The van der Waals surface area contributed by atoms with Gasteiger partial charge in [0.2, 0.25) is 0 Å². The van der Waals surface area contributed by atoms with Crippen molar-refractivity contribution in [2.45, 2.75) is 6.54 Å². The highest BCUT2D eigenvalue weighted by Crippen LogP contribution is 2.14. The normalized spacial score (nSPS) is 11.0. The Morgan fingerprint density at radius 3 is 2.76 bits per heavy atom. The first-order valence-electron chi connectivity index (χ1n) is 7.90. The van der Waals surface area contributed by atoms with E-state index in [2.05, 4.69) is 54.9 Å². The average Bonchev–Trinajstić information content (AvgIpc) is 3.14. The molecule has 0 fully saturated rings. The first-order chi connectivity index (χ1) is 11.8. The maximum absolute atomic E-state index is 4.60. The monoisotopic (exact) mass is 467 g/mol. The summed E-state index contributed by atoms with van der Waals surface area (Å²) in [7, 11) is 1.78. The lowest BCUT2D eigenvalue weighted by Crippen LogP contribution is -2.39. The van der Waals surface area contributed by atoms with Gasteiger partial charge in [0, 0.05) is 32.1 Å². The third kappa shape index (κ3) is 5.86. The van der Waals surface area contributed by atoms with Crippen LogP contribution in [0.25, 0.3) is 10.9 Å². The van der Waals surface area contributed by atoms with Crippen molar-refractivity contribution in [3.05, 3.63) is 58.8 Å². The van der Waals surface area contributed by atoms with E-state index in [1.807, 2.05) is 24.3 Å². The molecule has 3 aromatic rings. The van der Waals surface area contributed by atoms with Crippen molar-refractivity contribution in [3.63, 3.8) is 0 Å². The SMILES string of the molecule is CN=C(NCCNc1ccc2ccccc2n1)NCc1ccsc1.I. The third-order valence-electron chi connectivity index (χ3n) is 3.59. The molecular formula is C18H22IN5S. The molecule has 5 nitrogen and oxygen atoms in total. The largest absolute Gasteiger partial charge is 0.368 e. The summed E-state index contributed by atoms with van der Waals surface area (Å²) >= 11 is 1.70. The van der Waals surface area contributed by atoms with Crippen LogP contribution in [0.2, 0.25) is 0 Å². The molecule has 7 heteroatoms. The second-order valence-corrected chi connectivity index (χ2v) is 6.08. The van der Waals surface area contributed by atoms with Crippen molar-refractivity contribution < 1.29 is 0 Å². The molecule has 0 saturated carbocycles. The minimum Gasteiger partial charge on any atom is -0.368 e. The quantitative estimate of drug-likeness (QED) is 0.224. The number of benzene rings is 1. The Morgan fingerprint density at radius 2 is 1.96 bits per heavy atom. The molecule has 132 valence electrons. The predicted molar refractivity (Wildman–Crippen MR) is 118 cm³/mol. The van der Waals surface area contributed by atoms with Crippen LogP contribution in [0, 0.1) is 0 Å². The van der Waals surface area contributed by atoms with E-state index in [9.17, 15) is 0 Å². The molecule has 3 N–H and O–H groups in total. The molecule has 0 amide bonds. The zero-order valence-electron chi connectivity index (χ0n) is 14.0. The lowest BCUT2D eigenvalue weighted by Gasteiger charge is -2.12. The fraction of sp³-hybridized carbons (Fsp3) is 0.222. The summed E-state index contributed by atoms with van der Waals surface area (Å²) in [4.78, 5) is 8.83. The number of rotatable bonds is 6. The fourth-order valence-electron chi connectivity index (χ4n) is 2.34. The van der Waals surface area contributed by atoms with E-state index in [1.54, 1.807) is 18.4 Å². The first-order valence-corrected chi connectivity index (χ1v) is 8.85. The van der Waals surface area contributed by atoms with Crippen molar-refractivity contribution in [1.29, 1.82) is 0 Å². The third-order valence-corrected chi connectivity index (χ3v) is 4.32. The number of fused-ring (bicyclic) bond motifs is 1. The molecule has 0 aliphatic rings. The number of nitrogens with zero attached hydrogens (tertiary/aromatic N) is 2. The highest BCUT2D eigenvalue weighted by Gasteiger charge is 2.00. The Kier molecular flexibility index (Phi) is 7.93. The average molecular weight is 467 g/mol. The molecule has 25 heavy (non-hydrogen) atoms. The number of aliphatic imine (C=N–C) groups is 1. The van der Waals surface area contributed by atoms with Crippen molar-refractivity contribution in [3.8, 4) is 0 Å². The summed E-state index contributed by atoms with van der Waals surface area (Å²) in [6.45, 7) is 2.31. The number of aromatic nitrogens is 1. The molecule has 0 unspecified atom stereocenters. The summed E-state index contributed by atoms with van der Waals surface area (Å²) in [5, 5.41) is 15.3. The molecule has 3 rings (SSSR count).